The highest BCUT2D eigenvalue weighted by molar-refractivity contribution is 5.79. The molecule has 1 rings (SSSR count). The van der Waals surface area contributed by atoms with E-state index in [1.807, 2.05) is 0 Å². The fourth-order valence-electron chi connectivity index (χ4n) is 1.91. The minimum atomic E-state index is 0.707. The fraction of sp³-hybridized carbons (Fsp3) is 0.800. The van der Waals surface area contributed by atoms with E-state index in [9.17, 15) is 0 Å². The van der Waals surface area contributed by atoms with E-state index in [0.29, 0.717) is 5.92 Å². The van der Waals surface area contributed by atoms with Crippen molar-refractivity contribution in [3.05, 3.63) is 11.6 Å². The predicted molar refractivity (Wildman–Crippen MR) is 81.6 cm³/mol. The molecule has 0 aromatic carbocycles. The van der Waals surface area contributed by atoms with Crippen LogP contribution in [0.25, 0.3) is 0 Å². The first-order chi connectivity index (χ1) is 9.22. The Balaban J connectivity index is 2.26. The SMILES string of the molecule is CCNC(=NCCC(C)C)NCCC1=CCOCC1. The van der Waals surface area contributed by atoms with Gasteiger partial charge in [0, 0.05) is 19.6 Å². The molecule has 0 atom stereocenters. The second-order valence-electron chi connectivity index (χ2n) is 5.31. The summed E-state index contributed by atoms with van der Waals surface area (Å²) >= 11 is 0. The van der Waals surface area contributed by atoms with Crippen molar-refractivity contribution in [3.63, 3.8) is 0 Å². The van der Waals surface area contributed by atoms with E-state index in [0.717, 1.165) is 58.1 Å². The van der Waals surface area contributed by atoms with Crippen LogP contribution in [-0.4, -0.2) is 38.8 Å². The Hall–Kier alpha value is -1.03. The molecule has 2 N–H and O–H groups in total. The summed E-state index contributed by atoms with van der Waals surface area (Å²) in [4.78, 5) is 4.59. The Morgan fingerprint density at radius 1 is 1.42 bits per heavy atom. The molecule has 4 nitrogen and oxygen atoms in total. The van der Waals surface area contributed by atoms with Crippen molar-refractivity contribution >= 4 is 5.96 Å². The van der Waals surface area contributed by atoms with Crippen molar-refractivity contribution in [2.24, 2.45) is 10.9 Å². The Kier molecular flexibility index (Phi) is 8.30. The normalized spacial score (nSPS) is 16.4. The van der Waals surface area contributed by atoms with Crippen LogP contribution in [0.2, 0.25) is 0 Å². The van der Waals surface area contributed by atoms with Gasteiger partial charge in [-0.15, -0.1) is 0 Å². The van der Waals surface area contributed by atoms with Crippen LogP contribution in [0, 0.1) is 5.92 Å². The van der Waals surface area contributed by atoms with Crippen LogP contribution in [-0.2, 0) is 4.74 Å². The summed E-state index contributed by atoms with van der Waals surface area (Å²) < 4.78 is 5.31. The number of hydrogen-bond donors (Lipinski definition) is 2. The third-order valence-electron chi connectivity index (χ3n) is 3.12. The summed E-state index contributed by atoms with van der Waals surface area (Å²) in [7, 11) is 0. The maximum absolute atomic E-state index is 5.31. The molecule has 0 saturated carbocycles. The number of nitrogens with zero attached hydrogens (tertiary/aromatic N) is 1. The van der Waals surface area contributed by atoms with Crippen LogP contribution in [0.3, 0.4) is 0 Å². The lowest BCUT2D eigenvalue weighted by molar-refractivity contribution is 0.153. The first-order valence-electron chi connectivity index (χ1n) is 7.50. The van der Waals surface area contributed by atoms with Crippen LogP contribution in [0.15, 0.2) is 16.6 Å². The first-order valence-corrected chi connectivity index (χ1v) is 7.50. The van der Waals surface area contributed by atoms with Crippen molar-refractivity contribution in [1.29, 1.82) is 0 Å². The van der Waals surface area contributed by atoms with E-state index < -0.39 is 0 Å². The fourth-order valence-corrected chi connectivity index (χ4v) is 1.91. The minimum Gasteiger partial charge on any atom is -0.377 e. The number of hydrogen-bond acceptors (Lipinski definition) is 2. The van der Waals surface area contributed by atoms with Gasteiger partial charge in [0.15, 0.2) is 5.96 Å². The molecule has 1 aliphatic heterocycles. The van der Waals surface area contributed by atoms with Gasteiger partial charge in [0.1, 0.15) is 0 Å². The van der Waals surface area contributed by atoms with Gasteiger partial charge >= 0.3 is 0 Å². The molecule has 0 bridgehead atoms. The lowest BCUT2D eigenvalue weighted by Gasteiger charge is -2.15. The maximum Gasteiger partial charge on any atom is 0.191 e. The summed E-state index contributed by atoms with van der Waals surface area (Å²) in [5.74, 6) is 1.65. The molecule has 4 heteroatoms. The van der Waals surface area contributed by atoms with E-state index in [1.165, 1.54) is 5.57 Å². The Bertz CT molecular complexity index is 298. The number of aliphatic imine (C=N–C) groups is 1. The lowest BCUT2D eigenvalue weighted by Crippen LogP contribution is -2.38. The van der Waals surface area contributed by atoms with Crippen LogP contribution in [0.5, 0.6) is 0 Å². The van der Waals surface area contributed by atoms with E-state index in [-0.39, 0.29) is 0 Å². The van der Waals surface area contributed by atoms with Gasteiger partial charge < -0.3 is 15.4 Å². The average molecular weight is 267 g/mol. The predicted octanol–water partition coefficient (Wildman–Crippen LogP) is 2.32. The number of rotatable bonds is 7. The second-order valence-corrected chi connectivity index (χ2v) is 5.31. The molecule has 0 spiro atoms. The Morgan fingerprint density at radius 3 is 2.89 bits per heavy atom. The van der Waals surface area contributed by atoms with E-state index in [2.05, 4.69) is 42.5 Å². The summed E-state index contributed by atoms with van der Waals surface area (Å²) in [5, 5.41) is 6.69. The molecule has 0 aliphatic carbocycles. The van der Waals surface area contributed by atoms with Crippen LogP contribution in [0.1, 0.15) is 40.0 Å². The molecule has 1 heterocycles. The monoisotopic (exact) mass is 267 g/mol. The topological polar surface area (TPSA) is 45.7 Å². The molecule has 0 unspecified atom stereocenters. The highest BCUT2D eigenvalue weighted by Gasteiger charge is 2.04. The Morgan fingerprint density at radius 2 is 2.26 bits per heavy atom. The first kappa shape index (κ1) is 16.0. The summed E-state index contributed by atoms with van der Waals surface area (Å²) in [6.07, 6.45) is 5.49. The number of ether oxygens (including phenoxy) is 1. The highest BCUT2D eigenvalue weighted by Crippen LogP contribution is 2.10. The molecule has 0 fully saturated rings. The van der Waals surface area contributed by atoms with E-state index >= 15 is 0 Å². The van der Waals surface area contributed by atoms with Crippen LogP contribution >= 0.6 is 0 Å². The van der Waals surface area contributed by atoms with Crippen LogP contribution < -0.4 is 10.6 Å². The summed E-state index contributed by atoms with van der Waals surface area (Å²) in [5.41, 5.74) is 1.50. The third-order valence-corrected chi connectivity index (χ3v) is 3.12. The third kappa shape index (κ3) is 7.88. The molecule has 19 heavy (non-hydrogen) atoms. The van der Waals surface area contributed by atoms with Gasteiger partial charge in [-0.3, -0.25) is 4.99 Å². The molecule has 1 aliphatic rings. The zero-order valence-electron chi connectivity index (χ0n) is 12.7. The molecule has 110 valence electrons. The zero-order valence-corrected chi connectivity index (χ0v) is 12.7. The standard InChI is InChI=1S/C15H29N3O/c1-4-16-15(17-9-5-13(2)3)18-10-6-14-7-11-19-12-8-14/h7,13H,4-6,8-12H2,1-3H3,(H2,16,17,18). The van der Waals surface area contributed by atoms with E-state index in [4.69, 9.17) is 4.74 Å². The smallest absolute Gasteiger partial charge is 0.191 e. The Labute approximate surface area is 117 Å². The van der Waals surface area contributed by atoms with Crippen molar-refractivity contribution in [1.82, 2.24) is 10.6 Å². The molecule has 0 aromatic heterocycles. The minimum absolute atomic E-state index is 0.707. The van der Waals surface area contributed by atoms with Crippen molar-refractivity contribution in [2.75, 3.05) is 32.8 Å². The van der Waals surface area contributed by atoms with Crippen molar-refractivity contribution < 1.29 is 4.74 Å². The van der Waals surface area contributed by atoms with Crippen molar-refractivity contribution in [3.8, 4) is 0 Å². The number of nitrogens with one attached hydrogen (secondary N) is 2. The average Bonchev–Trinajstić information content (AvgIpc) is 2.39. The largest absolute Gasteiger partial charge is 0.377 e. The van der Waals surface area contributed by atoms with Gasteiger partial charge in [0.2, 0.25) is 0 Å². The lowest BCUT2D eigenvalue weighted by atomic mass is 10.1. The van der Waals surface area contributed by atoms with Gasteiger partial charge in [-0.1, -0.05) is 25.5 Å². The highest BCUT2D eigenvalue weighted by atomic mass is 16.5. The van der Waals surface area contributed by atoms with Gasteiger partial charge in [-0.2, -0.15) is 0 Å². The second kappa shape index (κ2) is 9.84. The molecule has 0 aromatic rings. The van der Waals surface area contributed by atoms with Gasteiger partial charge in [-0.05, 0) is 32.1 Å². The van der Waals surface area contributed by atoms with Gasteiger partial charge in [0.05, 0.1) is 13.2 Å². The van der Waals surface area contributed by atoms with Crippen LogP contribution in [0.4, 0.5) is 0 Å². The zero-order chi connectivity index (χ0) is 13.9. The summed E-state index contributed by atoms with van der Waals surface area (Å²) in [6.45, 7) is 10.9. The quantitative estimate of drug-likeness (QED) is 0.423. The van der Waals surface area contributed by atoms with Crippen molar-refractivity contribution in [2.45, 2.75) is 40.0 Å². The molecular weight excluding hydrogens is 238 g/mol. The number of guanidine groups is 1. The molecule has 0 radical (unpaired) electrons. The molecule has 0 saturated heterocycles. The maximum atomic E-state index is 5.31. The molecular formula is C15H29N3O. The van der Waals surface area contributed by atoms with Gasteiger partial charge in [-0.25, -0.2) is 0 Å². The van der Waals surface area contributed by atoms with Gasteiger partial charge in [0.25, 0.3) is 0 Å². The molecule has 0 amide bonds. The van der Waals surface area contributed by atoms with E-state index in [1.54, 1.807) is 0 Å². The summed E-state index contributed by atoms with van der Waals surface area (Å²) in [6, 6.07) is 0.